The Morgan fingerprint density at radius 1 is 1.63 bits per heavy atom. The Hall–Kier alpha value is -1.27. The highest BCUT2D eigenvalue weighted by Crippen LogP contribution is 2.23. The van der Waals surface area contributed by atoms with E-state index in [4.69, 9.17) is 22.5 Å². The number of thiophene rings is 1. The smallest absolute Gasteiger partial charge is 0.233 e. The molecular formula is C12H18ClN3O2S. The number of hydrogen-bond donors (Lipinski definition) is 3. The van der Waals surface area contributed by atoms with E-state index in [1.807, 2.05) is 19.1 Å². The molecule has 5 nitrogen and oxygen atoms in total. The molecule has 0 aromatic carbocycles. The molecule has 1 aromatic heterocycles. The van der Waals surface area contributed by atoms with Crippen LogP contribution in [0.4, 0.5) is 0 Å². The minimum absolute atomic E-state index is 0.0772. The highest BCUT2D eigenvalue weighted by Gasteiger charge is 2.36. The molecule has 1 unspecified atom stereocenters. The number of carbonyl (C=O) groups excluding carboxylic acids is 1. The summed E-state index contributed by atoms with van der Waals surface area (Å²) < 4.78 is 0.733. The summed E-state index contributed by atoms with van der Waals surface area (Å²) in [5.74, 6) is -0.320. The molecule has 0 bridgehead atoms. The zero-order valence-corrected chi connectivity index (χ0v) is 12.5. The summed E-state index contributed by atoms with van der Waals surface area (Å²) in [4.78, 5) is 13.2. The normalized spacial score (nSPS) is 15.0. The summed E-state index contributed by atoms with van der Waals surface area (Å²) in [6.45, 7) is 3.96. The number of rotatable bonds is 6. The van der Waals surface area contributed by atoms with Crippen molar-refractivity contribution in [1.82, 2.24) is 5.32 Å². The van der Waals surface area contributed by atoms with E-state index in [2.05, 4.69) is 10.5 Å². The van der Waals surface area contributed by atoms with E-state index in [0.29, 0.717) is 19.4 Å². The number of carbonyl (C=O) groups is 1. The fourth-order valence-corrected chi connectivity index (χ4v) is 2.64. The largest absolute Gasteiger partial charge is 0.409 e. The Bertz CT molecular complexity index is 475. The second kappa shape index (κ2) is 6.77. The van der Waals surface area contributed by atoms with Crippen molar-refractivity contribution in [2.24, 2.45) is 16.3 Å². The van der Waals surface area contributed by atoms with E-state index >= 15 is 0 Å². The van der Waals surface area contributed by atoms with Gasteiger partial charge in [0.2, 0.25) is 5.91 Å². The van der Waals surface area contributed by atoms with Crippen LogP contribution in [0.1, 0.15) is 25.1 Å². The molecule has 0 aliphatic rings. The van der Waals surface area contributed by atoms with Crippen molar-refractivity contribution in [2.45, 2.75) is 26.7 Å². The number of amidine groups is 1. The van der Waals surface area contributed by atoms with Gasteiger partial charge in [-0.3, -0.25) is 4.79 Å². The lowest BCUT2D eigenvalue weighted by atomic mass is 9.85. The van der Waals surface area contributed by atoms with Crippen LogP contribution in [0.25, 0.3) is 0 Å². The maximum Gasteiger partial charge on any atom is 0.233 e. The molecule has 106 valence electrons. The molecule has 0 aliphatic heterocycles. The van der Waals surface area contributed by atoms with Crippen LogP contribution in [0.5, 0.6) is 0 Å². The summed E-state index contributed by atoms with van der Waals surface area (Å²) >= 11 is 7.32. The number of hydrogen-bond acceptors (Lipinski definition) is 4. The van der Waals surface area contributed by atoms with Gasteiger partial charge in [-0.05, 0) is 31.9 Å². The van der Waals surface area contributed by atoms with Crippen molar-refractivity contribution in [1.29, 1.82) is 0 Å². The van der Waals surface area contributed by atoms with Crippen molar-refractivity contribution in [3.05, 3.63) is 21.3 Å². The van der Waals surface area contributed by atoms with Crippen LogP contribution in [0, 0.1) is 5.41 Å². The first-order valence-electron chi connectivity index (χ1n) is 5.94. The predicted octanol–water partition coefficient (Wildman–Crippen LogP) is 2.22. The lowest BCUT2D eigenvalue weighted by molar-refractivity contribution is -0.127. The van der Waals surface area contributed by atoms with E-state index < -0.39 is 5.41 Å². The lowest BCUT2D eigenvalue weighted by Gasteiger charge is -2.25. The number of nitrogens with zero attached hydrogens (tertiary/aromatic N) is 1. The Kier molecular flexibility index (Phi) is 5.62. The second-order valence-electron chi connectivity index (χ2n) is 4.38. The van der Waals surface area contributed by atoms with Gasteiger partial charge in [0.25, 0.3) is 0 Å². The van der Waals surface area contributed by atoms with Gasteiger partial charge >= 0.3 is 0 Å². The summed E-state index contributed by atoms with van der Waals surface area (Å²) in [7, 11) is 0. The van der Waals surface area contributed by atoms with Crippen molar-refractivity contribution in [2.75, 3.05) is 6.54 Å². The molecule has 1 aromatic rings. The summed E-state index contributed by atoms with van der Waals surface area (Å²) in [6, 6.07) is 3.76. The zero-order chi connectivity index (χ0) is 14.5. The van der Waals surface area contributed by atoms with E-state index in [0.717, 1.165) is 9.21 Å². The molecule has 0 aliphatic carbocycles. The number of nitrogens with one attached hydrogen (secondary N) is 1. The van der Waals surface area contributed by atoms with Crippen LogP contribution in [0.2, 0.25) is 4.34 Å². The number of nitrogens with two attached hydrogens (primary N) is 1. The van der Waals surface area contributed by atoms with Crippen LogP contribution in [0.15, 0.2) is 17.3 Å². The third-order valence-electron chi connectivity index (χ3n) is 3.17. The van der Waals surface area contributed by atoms with Gasteiger partial charge in [-0.15, -0.1) is 11.3 Å². The molecule has 0 fully saturated rings. The highest BCUT2D eigenvalue weighted by atomic mass is 35.5. The van der Waals surface area contributed by atoms with E-state index in [9.17, 15) is 4.79 Å². The van der Waals surface area contributed by atoms with Crippen LogP contribution in [-0.4, -0.2) is 23.5 Å². The molecule has 1 heterocycles. The highest BCUT2D eigenvalue weighted by molar-refractivity contribution is 7.16. The van der Waals surface area contributed by atoms with Crippen molar-refractivity contribution < 1.29 is 10.0 Å². The average Bonchev–Trinajstić information content (AvgIpc) is 2.82. The third kappa shape index (κ3) is 3.84. The lowest BCUT2D eigenvalue weighted by Crippen LogP contribution is -2.48. The number of halogens is 1. The third-order valence-corrected chi connectivity index (χ3v) is 4.46. The first kappa shape index (κ1) is 15.8. The van der Waals surface area contributed by atoms with E-state index in [1.165, 1.54) is 11.3 Å². The average molecular weight is 304 g/mol. The maximum atomic E-state index is 12.1. The molecule has 0 saturated carbocycles. The van der Waals surface area contributed by atoms with Gasteiger partial charge in [-0.2, -0.15) is 0 Å². The molecule has 4 N–H and O–H groups in total. The minimum Gasteiger partial charge on any atom is -0.409 e. The van der Waals surface area contributed by atoms with Crippen molar-refractivity contribution in [3.8, 4) is 0 Å². The van der Waals surface area contributed by atoms with Crippen molar-refractivity contribution in [3.63, 3.8) is 0 Å². The first-order valence-corrected chi connectivity index (χ1v) is 7.14. The second-order valence-corrected chi connectivity index (χ2v) is 6.18. The van der Waals surface area contributed by atoms with Gasteiger partial charge in [0, 0.05) is 11.4 Å². The van der Waals surface area contributed by atoms with Gasteiger partial charge in [0.05, 0.1) is 4.34 Å². The van der Waals surface area contributed by atoms with Gasteiger partial charge in [-0.1, -0.05) is 23.7 Å². The Balaban J connectivity index is 2.54. The molecule has 0 spiro atoms. The van der Waals surface area contributed by atoms with Gasteiger partial charge < -0.3 is 16.3 Å². The number of amides is 1. The molecular weight excluding hydrogens is 286 g/mol. The topological polar surface area (TPSA) is 87.7 Å². The summed E-state index contributed by atoms with van der Waals surface area (Å²) in [5.41, 5.74) is 4.59. The van der Waals surface area contributed by atoms with E-state index in [-0.39, 0.29) is 11.7 Å². The fourth-order valence-electron chi connectivity index (χ4n) is 1.55. The molecule has 1 amide bonds. The van der Waals surface area contributed by atoms with Gasteiger partial charge in [0.1, 0.15) is 5.41 Å². The number of oxime groups is 1. The minimum atomic E-state index is -0.984. The van der Waals surface area contributed by atoms with Gasteiger partial charge in [-0.25, -0.2) is 0 Å². The molecule has 1 atom stereocenters. The Labute approximate surface area is 121 Å². The molecule has 0 radical (unpaired) electrons. The molecule has 0 saturated heterocycles. The molecule has 1 rings (SSSR count). The Morgan fingerprint density at radius 2 is 2.32 bits per heavy atom. The molecule has 7 heteroatoms. The summed E-state index contributed by atoms with van der Waals surface area (Å²) in [5, 5.41) is 14.5. The van der Waals surface area contributed by atoms with E-state index in [1.54, 1.807) is 6.92 Å². The predicted molar refractivity (Wildman–Crippen MR) is 77.8 cm³/mol. The Morgan fingerprint density at radius 3 is 2.79 bits per heavy atom. The van der Waals surface area contributed by atoms with Crippen LogP contribution >= 0.6 is 22.9 Å². The first-order chi connectivity index (χ1) is 8.93. The van der Waals surface area contributed by atoms with Crippen LogP contribution in [0.3, 0.4) is 0 Å². The molecule has 19 heavy (non-hydrogen) atoms. The fraction of sp³-hybridized carbons (Fsp3) is 0.500. The van der Waals surface area contributed by atoms with Crippen molar-refractivity contribution >= 4 is 34.7 Å². The maximum absolute atomic E-state index is 12.1. The van der Waals surface area contributed by atoms with Gasteiger partial charge in [0.15, 0.2) is 5.84 Å². The monoisotopic (exact) mass is 303 g/mol. The van der Waals surface area contributed by atoms with Crippen LogP contribution < -0.4 is 11.1 Å². The van der Waals surface area contributed by atoms with Crippen LogP contribution in [-0.2, 0) is 11.2 Å². The quantitative estimate of drug-likeness (QED) is 0.326. The standard InChI is InChI=1S/C12H18ClN3O2S/c1-3-12(2,10(14)16-18)11(17)15-7-6-8-4-5-9(13)19-8/h4-5,18H,3,6-7H2,1-2H3,(H2,14,16)(H,15,17). The SMILES string of the molecule is CCC(C)(C(=O)NCCc1ccc(Cl)s1)/C(N)=N/O. The summed E-state index contributed by atoms with van der Waals surface area (Å²) in [6.07, 6.45) is 1.17. The zero-order valence-electron chi connectivity index (χ0n) is 10.9.